The zero-order valence-electron chi connectivity index (χ0n) is 6.85. The van der Waals surface area contributed by atoms with Gasteiger partial charge in [-0.1, -0.05) is 6.07 Å². The Hall–Kier alpha value is -0.890. The summed E-state index contributed by atoms with van der Waals surface area (Å²) in [6, 6.07) is 4.95. The standard InChI is InChI=1S/C10H11FO/c11-10-4-3-8-2-1-5-12-7-9(8)6-10/h3-4,6H,1-2,5,7H2. The van der Waals surface area contributed by atoms with E-state index in [0.29, 0.717) is 6.61 Å². The molecule has 64 valence electrons. The third-order valence-corrected chi connectivity index (χ3v) is 2.16. The zero-order chi connectivity index (χ0) is 8.39. The Morgan fingerprint density at radius 2 is 2.17 bits per heavy atom. The predicted octanol–water partition coefficient (Wildman–Crippen LogP) is 2.29. The minimum absolute atomic E-state index is 0.167. The van der Waals surface area contributed by atoms with Crippen LogP contribution in [0.5, 0.6) is 0 Å². The van der Waals surface area contributed by atoms with Crippen LogP contribution in [0.25, 0.3) is 0 Å². The Kier molecular flexibility index (Phi) is 2.09. The molecule has 0 atom stereocenters. The molecule has 1 nitrogen and oxygen atoms in total. The lowest BCUT2D eigenvalue weighted by molar-refractivity contribution is 0.125. The molecule has 0 amide bonds. The fourth-order valence-electron chi connectivity index (χ4n) is 1.52. The summed E-state index contributed by atoms with van der Waals surface area (Å²) in [6.07, 6.45) is 2.05. The first-order valence-electron chi connectivity index (χ1n) is 4.21. The highest BCUT2D eigenvalue weighted by molar-refractivity contribution is 5.28. The number of rotatable bonds is 0. The summed E-state index contributed by atoms with van der Waals surface area (Å²) >= 11 is 0. The summed E-state index contributed by atoms with van der Waals surface area (Å²) in [6.45, 7) is 1.35. The van der Waals surface area contributed by atoms with Gasteiger partial charge in [-0.15, -0.1) is 0 Å². The largest absolute Gasteiger partial charge is 0.377 e. The number of benzene rings is 1. The van der Waals surface area contributed by atoms with Crippen LogP contribution in [0.1, 0.15) is 17.5 Å². The summed E-state index contributed by atoms with van der Waals surface area (Å²) in [7, 11) is 0. The van der Waals surface area contributed by atoms with Gasteiger partial charge in [0.25, 0.3) is 0 Å². The van der Waals surface area contributed by atoms with Crippen molar-refractivity contribution >= 4 is 0 Å². The lowest BCUT2D eigenvalue weighted by Crippen LogP contribution is -1.92. The van der Waals surface area contributed by atoms with Gasteiger partial charge in [0.2, 0.25) is 0 Å². The van der Waals surface area contributed by atoms with E-state index in [1.54, 1.807) is 6.07 Å². The molecule has 1 aromatic carbocycles. The van der Waals surface area contributed by atoms with Crippen LogP contribution < -0.4 is 0 Å². The summed E-state index contributed by atoms with van der Waals surface area (Å²) < 4.78 is 18.1. The molecule has 0 N–H and O–H groups in total. The van der Waals surface area contributed by atoms with Gasteiger partial charge in [0, 0.05) is 6.61 Å². The average molecular weight is 166 g/mol. The van der Waals surface area contributed by atoms with Crippen molar-refractivity contribution in [2.24, 2.45) is 0 Å². The van der Waals surface area contributed by atoms with Crippen molar-refractivity contribution in [2.75, 3.05) is 6.61 Å². The van der Waals surface area contributed by atoms with E-state index in [2.05, 4.69) is 0 Å². The van der Waals surface area contributed by atoms with E-state index < -0.39 is 0 Å². The molecule has 0 saturated heterocycles. The molecule has 0 spiro atoms. The van der Waals surface area contributed by atoms with E-state index in [9.17, 15) is 4.39 Å². The van der Waals surface area contributed by atoms with E-state index >= 15 is 0 Å². The Bertz CT molecular complexity index is 283. The number of halogens is 1. The first-order chi connectivity index (χ1) is 5.86. The van der Waals surface area contributed by atoms with Gasteiger partial charge in [-0.25, -0.2) is 4.39 Å². The first kappa shape index (κ1) is 7.74. The van der Waals surface area contributed by atoms with Gasteiger partial charge in [-0.2, -0.15) is 0 Å². The van der Waals surface area contributed by atoms with E-state index in [4.69, 9.17) is 4.74 Å². The molecular formula is C10H11FO. The quantitative estimate of drug-likeness (QED) is 0.574. The maximum Gasteiger partial charge on any atom is 0.123 e. The van der Waals surface area contributed by atoms with Gasteiger partial charge in [0.15, 0.2) is 0 Å². The zero-order valence-corrected chi connectivity index (χ0v) is 6.85. The Balaban J connectivity index is 2.36. The van der Waals surface area contributed by atoms with Gasteiger partial charge >= 0.3 is 0 Å². The Morgan fingerprint density at radius 1 is 1.25 bits per heavy atom. The molecule has 0 aliphatic carbocycles. The second-order valence-electron chi connectivity index (χ2n) is 3.07. The summed E-state index contributed by atoms with van der Waals surface area (Å²) in [5.41, 5.74) is 2.24. The molecule has 1 aliphatic heterocycles. The van der Waals surface area contributed by atoms with Gasteiger partial charge in [-0.3, -0.25) is 0 Å². The average Bonchev–Trinajstić information content (AvgIpc) is 2.28. The molecule has 0 unspecified atom stereocenters. The lowest BCUT2D eigenvalue weighted by Gasteiger charge is -2.03. The van der Waals surface area contributed by atoms with Gasteiger partial charge in [-0.05, 0) is 36.1 Å². The smallest absolute Gasteiger partial charge is 0.123 e. The van der Waals surface area contributed by atoms with Crippen LogP contribution in [0.2, 0.25) is 0 Å². The van der Waals surface area contributed by atoms with Crippen molar-refractivity contribution in [3.63, 3.8) is 0 Å². The van der Waals surface area contributed by atoms with E-state index in [-0.39, 0.29) is 5.82 Å². The minimum atomic E-state index is -0.167. The molecule has 0 aromatic heterocycles. The topological polar surface area (TPSA) is 9.23 Å². The first-order valence-corrected chi connectivity index (χ1v) is 4.21. The van der Waals surface area contributed by atoms with Crippen LogP contribution in [0.15, 0.2) is 18.2 Å². The normalized spacial score (nSPS) is 16.8. The van der Waals surface area contributed by atoms with Gasteiger partial charge in [0.1, 0.15) is 5.82 Å². The molecule has 2 rings (SSSR count). The molecule has 0 fully saturated rings. The van der Waals surface area contributed by atoms with Crippen molar-refractivity contribution in [1.82, 2.24) is 0 Å². The molecule has 2 heteroatoms. The molecule has 0 radical (unpaired) electrons. The summed E-state index contributed by atoms with van der Waals surface area (Å²) in [5, 5.41) is 0. The van der Waals surface area contributed by atoms with Crippen LogP contribution in [0.3, 0.4) is 0 Å². The highest BCUT2D eigenvalue weighted by atomic mass is 19.1. The van der Waals surface area contributed by atoms with E-state index in [0.717, 1.165) is 25.0 Å². The number of hydrogen-bond acceptors (Lipinski definition) is 1. The lowest BCUT2D eigenvalue weighted by atomic mass is 10.0. The second-order valence-corrected chi connectivity index (χ2v) is 3.07. The third-order valence-electron chi connectivity index (χ3n) is 2.16. The van der Waals surface area contributed by atoms with Crippen LogP contribution in [0.4, 0.5) is 4.39 Å². The molecule has 1 aliphatic rings. The van der Waals surface area contributed by atoms with Crippen molar-refractivity contribution < 1.29 is 9.13 Å². The monoisotopic (exact) mass is 166 g/mol. The van der Waals surface area contributed by atoms with Crippen LogP contribution >= 0.6 is 0 Å². The molecule has 1 aromatic rings. The Labute approximate surface area is 71.2 Å². The predicted molar refractivity (Wildman–Crippen MR) is 44.4 cm³/mol. The van der Waals surface area contributed by atoms with Crippen molar-refractivity contribution in [1.29, 1.82) is 0 Å². The summed E-state index contributed by atoms with van der Waals surface area (Å²) in [5.74, 6) is -0.167. The second kappa shape index (κ2) is 3.23. The minimum Gasteiger partial charge on any atom is -0.377 e. The maximum absolute atomic E-state index is 12.8. The van der Waals surface area contributed by atoms with Crippen LogP contribution in [-0.2, 0) is 17.8 Å². The fourth-order valence-corrected chi connectivity index (χ4v) is 1.52. The number of aryl methyl sites for hydroxylation is 1. The van der Waals surface area contributed by atoms with E-state index in [1.165, 1.54) is 11.6 Å². The fraction of sp³-hybridized carbons (Fsp3) is 0.400. The summed E-state index contributed by atoms with van der Waals surface area (Å²) in [4.78, 5) is 0. The molecule has 0 bridgehead atoms. The molecule has 0 saturated carbocycles. The van der Waals surface area contributed by atoms with Crippen molar-refractivity contribution in [3.05, 3.63) is 35.1 Å². The highest BCUT2D eigenvalue weighted by Crippen LogP contribution is 2.17. The van der Waals surface area contributed by atoms with E-state index in [1.807, 2.05) is 6.07 Å². The number of hydrogen-bond donors (Lipinski definition) is 0. The maximum atomic E-state index is 12.8. The highest BCUT2D eigenvalue weighted by Gasteiger charge is 2.07. The molecular weight excluding hydrogens is 155 g/mol. The third kappa shape index (κ3) is 1.48. The van der Waals surface area contributed by atoms with Crippen LogP contribution in [0, 0.1) is 5.82 Å². The molecule has 12 heavy (non-hydrogen) atoms. The van der Waals surface area contributed by atoms with Crippen molar-refractivity contribution in [3.8, 4) is 0 Å². The molecule has 1 heterocycles. The Morgan fingerprint density at radius 3 is 3.08 bits per heavy atom. The van der Waals surface area contributed by atoms with Gasteiger partial charge in [0.05, 0.1) is 6.61 Å². The van der Waals surface area contributed by atoms with Gasteiger partial charge < -0.3 is 4.74 Å². The number of ether oxygens (including phenoxy) is 1. The number of fused-ring (bicyclic) bond motifs is 1. The van der Waals surface area contributed by atoms with Crippen molar-refractivity contribution in [2.45, 2.75) is 19.4 Å². The SMILES string of the molecule is Fc1ccc2c(c1)COCCC2. The van der Waals surface area contributed by atoms with Crippen LogP contribution in [-0.4, -0.2) is 6.61 Å².